The van der Waals surface area contributed by atoms with Gasteiger partial charge in [-0.2, -0.15) is 24.1 Å². The topological polar surface area (TPSA) is 169 Å². The molecule has 3 rings (SSSR count). The third-order valence-corrected chi connectivity index (χ3v) is 6.91. The van der Waals surface area contributed by atoms with Crippen LogP contribution in [0, 0.1) is 0 Å². The summed E-state index contributed by atoms with van der Waals surface area (Å²) in [7, 11) is -7.33. The van der Waals surface area contributed by atoms with Gasteiger partial charge in [0.05, 0.1) is 6.04 Å². The summed E-state index contributed by atoms with van der Waals surface area (Å²) in [6.07, 6.45) is 1.68. The maximum Gasteiger partial charge on any atom is 0.418 e. The van der Waals surface area contributed by atoms with E-state index in [2.05, 4.69) is 15.1 Å². The Morgan fingerprint density at radius 3 is 2.46 bits per heavy atom. The van der Waals surface area contributed by atoms with Gasteiger partial charge in [0.15, 0.2) is 0 Å². The van der Waals surface area contributed by atoms with Gasteiger partial charge in [0.1, 0.15) is 6.04 Å². The molecule has 0 radical (unpaired) electrons. The van der Waals surface area contributed by atoms with Crippen LogP contribution in [0.15, 0.2) is 0 Å². The van der Waals surface area contributed by atoms with Crippen molar-refractivity contribution in [1.82, 2.24) is 20.8 Å². The molecule has 0 unspecified atom stereocenters. The first-order chi connectivity index (χ1) is 12.1. The van der Waals surface area contributed by atoms with E-state index < -0.39 is 45.0 Å². The molecular formula is C12H22N4O8S2. The van der Waals surface area contributed by atoms with Crippen LogP contribution in [0.2, 0.25) is 0 Å². The van der Waals surface area contributed by atoms with Crippen LogP contribution in [0.25, 0.3) is 0 Å². The highest BCUT2D eigenvalue weighted by Gasteiger charge is 2.49. The molecule has 3 amide bonds. The normalized spacial score (nSPS) is 30.3. The van der Waals surface area contributed by atoms with Crippen LogP contribution in [0.4, 0.5) is 4.79 Å². The minimum Gasteiger partial charge on any atom is -0.309 e. The van der Waals surface area contributed by atoms with Gasteiger partial charge in [0, 0.05) is 24.1 Å². The van der Waals surface area contributed by atoms with Crippen LogP contribution in [0.1, 0.15) is 25.7 Å². The number of piperidine rings is 1. The Bertz CT molecular complexity index is 677. The number of hydrazine groups is 1. The van der Waals surface area contributed by atoms with Crippen molar-refractivity contribution in [2.75, 3.05) is 18.1 Å². The molecule has 0 saturated carbocycles. The molecule has 12 nitrogen and oxygen atoms in total. The molecular weight excluding hydrogens is 392 g/mol. The molecule has 0 aromatic carbocycles. The number of rotatable bonds is 5. The highest BCUT2D eigenvalue weighted by atomic mass is 32.3. The molecule has 3 heterocycles. The standard InChI is InChI=1S/C12H22N4O8S2/c17-11(14-13-8-3-5-25(19,20)6-4-8)10-2-1-9-7-15(10)12(18)16(9)24-26(21,22)23/h8-10,13,19-20H,1-7H2,(H,14,17)(H,21,22,23)/t9-,10+/m1/s1. The van der Waals surface area contributed by atoms with Crippen LogP contribution >= 0.6 is 10.6 Å². The van der Waals surface area contributed by atoms with Crippen LogP contribution in [-0.4, -0.2) is 80.2 Å². The van der Waals surface area contributed by atoms with Crippen molar-refractivity contribution < 1.29 is 35.9 Å². The predicted molar refractivity (Wildman–Crippen MR) is 90.3 cm³/mol. The second-order valence-corrected chi connectivity index (χ2v) is 10.1. The Morgan fingerprint density at radius 1 is 1.19 bits per heavy atom. The molecule has 3 fully saturated rings. The zero-order valence-electron chi connectivity index (χ0n) is 13.8. The third-order valence-electron chi connectivity index (χ3n) is 4.79. The fraction of sp³-hybridized carbons (Fsp3) is 0.833. The molecule has 26 heavy (non-hydrogen) atoms. The molecule has 2 bridgehead atoms. The molecule has 0 aromatic rings. The first kappa shape index (κ1) is 19.6. The second kappa shape index (κ2) is 7.10. The maximum absolute atomic E-state index is 12.4. The van der Waals surface area contributed by atoms with Crippen molar-refractivity contribution in [3.63, 3.8) is 0 Å². The summed E-state index contributed by atoms with van der Waals surface area (Å²) in [5, 5.41) is 0.585. The lowest BCUT2D eigenvalue weighted by Gasteiger charge is -2.39. The minimum atomic E-state index is -4.82. The molecule has 3 saturated heterocycles. The molecule has 0 aliphatic carbocycles. The van der Waals surface area contributed by atoms with Crippen molar-refractivity contribution in [2.24, 2.45) is 0 Å². The lowest BCUT2D eigenvalue weighted by molar-refractivity contribution is -0.127. The van der Waals surface area contributed by atoms with Gasteiger partial charge >= 0.3 is 16.4 Å². The van der Waals surface area contributed by atoms with E-state index in [1.165, 1.54) is 4.90 Å². The molecule has 3 aliphatic heterocycles. The van der Waals surface area contributed by atoms with Crippen molar-refractivity contribution in [2.45, 2.75) is 43.8 Å². The molecule has 0 aromatic heterocycles. The van der Waals surface area contributed by atoms with E-state index in [0.717, 1.165) is 0 Å². The average Bonchev–Trinajstić information content (AvgIpc) is 2.77. The molecule has 0 spiro atoms. The van der Waals surface area contributed by atoms with Crippen LogP contribution < -0.4 is 10.9 Å². The monoisotopic (exact) mass is 414 g/mol. The highest BCUT2D eigenvalue weighted by Crippen LogP contribution is 2.43. The van der Waals surface area contributed by atoms with Crippen LogP contribution in [-0.2, 0) is 19.5 Å². The average molecular weight is 414 g/mol. The fourth-order valence-corrected chi connectivity index (χ4v) is 5.33. The number of hydrogen-bond acceptors (Lipinski definition) is 8. The fourth-order valence-electron chi connectivity index (χ4n) is 3.41. The first-order valence-corrected chi connectivity index (χ1v) is 11.4. The lowest BCUT2D eigenvalue weighted by atomic mass is 10.0. The molecule has 2 atom stereocenters. The van der Waals surface area contributed by atoms with E-state index in [0.29, 0.717) is 30.7 Å². The van der Waals surface area contributed by atoms with E-state index in [1.807, 2.05) is 0 Å². The smallest absolute Gasteiger partial charge is 0.309 e. The highest BCUT2D eigenvalue weighted by molar-refractivity contribution is 8.24. The minimum absolute atomic E-state index is 0.0937. The van der Waals surface area contributed by atoms with Crippen LogP contribution in [0.5, 0.6) is 0 Å². The second-order valence-electron chi connectivity index (χ2n) is 6.63. The van der Waals surface area contributed by atoms with Gasteiger partial charge < -0.3 is 4.90 Å². The summed E-state index contributed by atoms with van der Waals surface area (Å²) in [6.45, 7) is 0.122. The van der Waals surface area contributed by atoms with Gasteiger partial charge in [-0.25, -0.2) is 10.2 Å². The van der Waals surface area contributed by atoms with E-state index in [1.54, 1.807) is 0 Å². The molecule has 5 N–H and O–H groups in total. The Hall–Kier alpha value is -1.16. The van der Waals surface area contributed by atoms with Crippen molar-refractivity contribution >= 4 is 32.9 Å². The van der Waals surface area contributed by atoms with Gasteiger partial charge in [-0.3, -0.25) is 23.9 Å². The Kier molecular flexibility index (Phi) is 5.35. The summed E-state index contributed by atoms with van der Waals surface area (Å²) in [6, 6.07) is -2.23. The number of carbonyl (C=O) groups excluding carboxylic acids is 2. The van der Waals surface area contributed by atoms with Gasteiger partial charge in [-0.1, -0.05) is 0 Å². The largest absolute Gasteiger partial charge is 0.418 e. The summed E-state index contributed by atoms with van der Waals surface area (Å²) in [5.74, 6) is 0.110. The number of carbonyl (C=O) groups is 2. The van der Waals surface area contributed by atoms with Gasteiger partial charge in [-0.15, -0.1) is 4.28 Å². The molecule has 150 valence electrons. The Labute approximate surface area is 152 Å². The van der Waals surface area contributed by atoms with Crippen molar-refractivity contribution in [3.05, 3.63) is 0 Å². The summed E-state index contributed by atoms with van der Waals surface area (Å²) in [4.78, 5) is 25.9. The third kappa shape index (κ3) is 4.39. The number of hydroxylamine groups is 2. The Balaban J connectivity index is 1.54. The zero-order chi connectivity index (χ0) is 19.1. The number of amides is 3. The number of urea groups is 1. The predicted octanol–water partition coefficient (Wildman–Crippen LogP) is -0.477. The molecule has 14 heteroatoms. The van der Waals surface area contributed by atoms with E-state index in [-0.39, 0.29) is 24.1 Å². The SMILES string of the molecule is O=C(NNC1CCS(O)(O)CC1)[C@@H]1CC[C@@H]2CN1C(=O)N2OS(=O)(=O)O. The quantitative estimate of drug-likeness (QED) is 0.295. The van der Waals surface area contributed by atoms with Gasteiger partial charge in [-0.05, 0) is 25.7 Å². The number of nitrogens with one attached hydrogen (secondary N) is 2. The maximum atomic E-state index is 12.4. The lowest BCUT2D eigenvalue weighted by Crippen LogP contribution is -2.55. The summed E-state index contributed by atoms with van der Waals surface area (Å²) < 4.78 is 54.0. The van der Waals surface area contributed by atoms with Crippen LogP contribution in [0.3, 0.4) is 0 Å². The van der Waals surface area contributed by atoms with Crippen molar-refractivity contribution in [3.8, 4) is 0 Å². The summed E-state index contributed by atoms with van der Waals surface area (Å²) in [5.41, 5.74) is 5.40. The van der Waals surface area contributed by atoms with E-state index in [9.17, 15) is 27.1 Å². The number of nitrogens with zero attached hydrogens (tertiary/aromatic N) is 2. The number of hydrogen-bond donors (Lipinski definition) is 5. The molecule has 3 aliphatic rings. The first-order valence-electron chi connectivity index (χ1n) is 8.11. The Morgan fingerprint density at radius 2 is 1.85 bits per heavy atom. The summed E-state index contributed by atoms with van der Waals surface area (Å²) >= 11 is 0. The van der Waals surface area contributed by atoms with Gasteiger partial charge in [0.25, 0.3) is 5.91 Å². The van der Waals surface area contributed by atoms with Gasteiger partial charge in [0.2, 0.25) is 0 Å². The van der Waals surface area contributed by atoms with Crippen molar-refractivity contribution in [1.29, 1.82) is 0 Å². The zero-order valence-corrected chi connectivity index (χ0v) is 15.4. The van der Waals surface area contributed by atoms with E-state index in [4.69, 9.17) is 4.55 Å². The van der Waals surface area contributed by atoms with E-state index >= 15 is 0 Å². The number of fused-ring (bicyclic) bond motifs is 2.